The number of hydrogen-bond donors (Lipinski definition) is 2. The Hall–Kier alpha value is -0.640. The van der Waals surface area contributed by atoms with Gasteiger partial charge in [0.2, 0.25) is 0 Å². The van der Waals surface area contributed by atoms with E-state index in [-0.39, 0.29) is 5.50 Å². The molecule has 1 aliphatic heterocycles. The SMILES string of the molecule is CSC1N=C(NC(C)C)C=C(C)N1. The van der Waals surface area contributed by atoms with Crippen molar-refractivity contribution in [3.05, 3.63) is 11.8 Å². The summed E-state index contributed by atoms with van der Waals surface area (Å²) in [6, 6.07) is 0.434. The zero-order valence-corrected chi connectivity index (χ0v) is 9.40. The highest BCUT2D eigenvalue weighted by Crippen LogP contribution is 2.11. The normalized spacial score (nSPS) is 22.1. The highest BCUT2D eigenvalue weighted by molar-refractivity contribution is 7.99. The number of nitrogens with zero attached hydrogens (tertiary/aromatic N) is 1. The Balaban J connectivity index is 2.65. The molecule has 1 atom stereocenters. The van der Waals surface area contributed by atoms with E-state index in [4.69, 9.17) is 0 Å². The van der Waals surface area contributed by atoms with Gasteiger partial charge in [0.05, 0.1) is 0 Å². The molecular formula is C9H17N3S. The molecule has 0 aromatic carbocycles. The monoisotopic (exact) mass is 199 g/mol. The van der Waals surface area contributed by atoms with Gasteiger partial charge >= 0.3 is 0 Å². The molecule has 1 unspecified atom stereocenters. The van der Waals surface area contributed by atoms with Gasteiger partial charge < -0.3 is 10.6 Å². The van der Waals surface area contributed by atoms with Crippen molar-refractivity contribution in [2.24, 2.45) is 4.99 Å². The van der Waals surface area contributed by atoms with E-state index in [9.17, 15) is 0 Å². The van der Waals surface area contributed by atoms with E-state index in [0.29, 0.717) is 6.04 Å². The lowest BCUT2D eigenvalue weighted by Gasteiger charge is -2.22. The van der Waals surface area contributed by atoms with Crippen molar-refractivity contribution in [1.82, 2.24) is 10.6 Å². The van der Waals surface area contributed by atoms with Gasteiger partial charge in [-0.1, -0.05) is 0 Å². The van der Waals surface area contributed by atoms with Crippen LogP contribution in [-0.4, -0.2) is 23.6 Å². The number of thioether (sulfide) groups is 1. The molecule has 0 bridgehead atoms. The van der Waals surface area contributed by atoms with Gasteiger partial charge in [0.15, 0.2) is 5.50 Å². The highest BCUT2D eigenvalue weighted by atomic mass is 32.2. The van der Waals surface area contributed by atoms with Crippen LogP contribution in [0.4, 0.5) is 0 Å². The predicted octanol–water partition coefficient (Wildman–Crippen LogP) is 1.54. The van der Waals surface area contributed by atoms with Gasteiger partial charge in [-0.25, -0.2) is 4.99 Å². The lowest BCUT2D eigenvalue weighted by Crippen LogP contribution is -2.36. The zero-order chi connectivity index (χ0) is 9.84. The fourth-order valence-electron chi connectivity index (χ4n) is 1.12. The van der Waals surface area contributed by atoms with Gasteiger partial charge in [0.25, 0.3) is 0 Å². The first-order chi connectivity index (χ1) is 6.11. The summed E-state index contributed by atoms with van der Waals surface area (Å²) < 4.78 is 0. The Bertz CT molecular complexity index is 233. The van der Waals surface area contributed by atoms with Crippen LogP contribution in [0.5, 0.6) is 0 Å². The van der Waals surface area contributed by atoms with Crippen LogP contribution in [-0.2, 0) is 0 Å². The van der Waals surface area contributed by atoms with Gasteiger partial charge in [0, 0.05) is 11.7 Å². The van der Waals surface area contributed by atoms with Crippen molar-refractivity contribution >= 4 is 17.6 Å². The topological polar surface area (TPSA) is 36.4 Å². The minimum Gasteiger partial charge on any atom is -0.368 e. The Morgan fingerprint density at radius 1 is 1.62 bits per heavy atom. The van der Waals surface area contributed by atoms with Gasteiger partial charge in [-0.3, -0.25) is 0 Å². The molecule has 0 fully saturated rings. The molecule has 0 spiro atoms. The summed E-state index contributed by atoms with van der Waals surface area (Å²) in [5, 5.41) is 6.56. The van der Waals surface area contributed by atoms with Crippen LogP contribution in [0.2, 0.25) is 0 Å². The molecule has 0 amide bonds. The second-order valence-corrected chi connectivity index (χ2v) is 4.29. The minimum atomic E-state index is 0.159. The maximum atomic E-state index is 4.47. The molecule has 3 nitrogen and oxygen atoms in total. The molecule has 4 heteroatoms. The van der Waals surface area contributed by atoms with E-state index in [1.165, 1.54) is 0 Å². The first-order valence-electron chi connectivity index (χ1n) is 4.44. The summed E-state index contributed by atoms with van der Waals surface area (Å²) in [6.07, 6.45) is 4.08. The first kappa shape index (κ1) is 10.4. The molecule has 1 heterocycles. The van der Waals surface area contributed by atoms with Gasteiger partial charge in [-0.2, -0.15) is 0 Å². The number of nitrogens with one attached hydrogen (secondary N) is 2. The Kier molecular flexibility index (Phi) is 3.66. The first-order valence-corrected chi connectivity index (χ1v) is 5.72. The standard InChI is InChI=1S/C9H17N3S/c1-6(2)10-8-5-7(3)11-9(12-8)13-4/h5-6,9,11H,1-4H3,(H,10,12). The average molecular weight is 199 g/mol. The third-order valence-corrected chi connectivity index (χ3v) is 2.29. The lowest BCUT2D eigenvalue weighted by molar-refractivity contribution is 0.703. The summed E-state index contributed by atoms with van der Waals surface area (Å²) in [7, 11) is 0. The summed E-state index contributed by atoms with van der Waals surface area (Å²) in [6.45, 7) is 6.28. The lowest BCUT2D eigenvalue weighted by atomic mass is 10.3. The van der Waals surface area contributed by atoms with Gasteiger partial charge in [0.1, 0.15) is 5.84 Å². The molecule has 0 saturated heterocycles. The third kappa shape index (κ3) is 3.30. The van der Waals surface area contributed by atoms with E-state index in [0.717, 1.165) is 11.5 Å². The Morgan fingerprint density at radius 2 is 2.31 bits per heavy atom. The molecule has 13 heavy (non-hydrogen) atoms. The Morgan fingerprint density at radius 3 is 2.85 bits per heavy atom. The zero-order valence-electron chi connectivity index (χ0n) is 8.59. The number of allylic oxidation sites excluding steroid dienone is 1. The van der Waals surface area contributed by atoms with E-state index >= 15 is 0 Å². The molecular weight excluding hydrogens is 182 g/mol. The molecule has 1 rings (SSSR count). The van der Waals surface area contributed by atoms with E-state index in [2.05, 4.69) is 36.4 Å². The summed E-state index contributed by atoms with van der Waals surface area (Å²) >= 11 is 1.70. The minimum absolute atomic E-state index is 0.159. The smallest absolute Gasteiger partial charge is 0.168 e. The molecule has 0 aliphatic carbocycles. The number of hydrogen-bond acceptors (Lipinski definition) is 4. The molecule has 0 radical (unpaired) electrons. The quantitative estimate of drug-likeness (QED) is 0.708. The van der Waals surface area contributed by atoms with Crippen LogP contribution in [0.3, 0.4) is 0 Å². The average Bonchev–Trinajstić information content (AvgIpc) is 2.01. The fourth-order valence-corrected chi connectivity index (χ4v) is 1.65. The van der Waals surface area contributed by atoms with Crippen LogP contribution in [0, 0.1) is 0 Å². The number of rotatable bonds is 2. The second-order valence-electron chi connectivity index (χ2n) is 3.37. The van der Waals surface area contributed by atoms with E-state index in [1.54, 1.807) is 11.8 Å². The van der Waals surface area contributed by atoms with Crippen molar-refractivity contribution in [2.75, 3.05) is 6.26 Å². The van der Waals surface area contributed by atoms with Crippen molar-refractivity contribution in [3.8, 4) is 0 Å². The Labute approximate surface area is 84.1 Å². The molecule has 2 N–H and O–H groups in total. The number of amidine groups is 1. The van der Waals surface area contributed by atoms with Crippen molar-refractivity contribution in [3.63, 3.8) is 0 Å². The number of aliphatic imine (C=N–C) groups is 1. The summed E-state index contributed by atoms with van der Waals surface area (Å²) in [4.78, 5) is 4.47. The van der Waals surface area contributed by atoms with Crippen LogP contribution in [0.25, 0.3) is 0 Å². The van der Waals surface area contributed by atoms with Crippen LogP contribution < -0.4 is 10.6 Å². The van der Waals surface area contributed by atoms with Crippen molar-refractivity contribution in [2.45, 2.75) is 32.3 Å². The molecule has 0 saturated carbocycles. The predicted molar refractivity (Wildman–Crippen MR) is 59.9 cm³/mol. The fraction of sp³-hybridized carbons (Fsp3) is 0.667. The molecule has 0 aromatic rings. The summed E-state index contributed by atoms with van der Waals surface area (Å²) in [5.74, 6) is 0.977. The van der Waals surface area contributed by atoms with Crippen molar-refractivity contribution < 1.29 is 0 Å². The second kappa shape index (κ2) is 4.56. The maximum absolute atomic E-state index is 4.47. The van der Waals surface area contributed by atoms with E-state index in [1.807, 2.05) is 12.3 Å². The maximum Gasteiger partial charge on any atom is 0.168 e. The highest BCUT2D eigenvalue weighted by Gasteiger charge is 2.11. The molecule has 74 valence electrons. The van der Waals surface area contributed by atoms with Gasteiger partial charge in [-0.05, 0) is 33.1 Å². The third-order valence-electron chi connectivity index (χ3n) is 1.62. The van der Waals surface area contributed by atoms with E-state index < -0.39 is 0 Å². The molecule has 0 aromatic heterocycles. The van der Waals surface area contributed by atoms with Crippen LogP contribution >= 0.6 is 11.8 Å². The van der Waals surface area contributed by atoms with Crippen LogP contribution in [0.1, 0.15) is 20.8 Å². The largest absolute Gasteiger partial charge is 0.368 e. The van der Waals surface area contributed by atoms with Crippen molar-refractivity contribution in [1.29, 1.82) is 0 Å². The van der Waals surface area contributed by atoms with Crippen LogP contribution in [0.15, 0.2) is 16.8 Å². The summed E-state index contributed by atoms with van der Waals surface area (Å²) in [5.41, 5.74) is 1.32. The van der Waals surface area contributed by atoms with Gasteiger partial charge in [-0.15, -0.1) is 11.8 Å². The molecule has 1 aliphatic rings.